The summed E-state index contributed by atoms with van der Waals surface area (Å²) in [5, 5.41) is 13.9. The summed E-state index contributed by atoms with van der Waals surface area (Å²) in [6.45, 7) is 12.4. The number of aliphatic hydroxyl groups is 1. The molecule has 2 N–H and O–H groups in total. The molecule has 1 heterocycles. The molecule has 4 heteroatoms. The Labute approximate surface area is 117 Å². The summed E-state index contributed by atoms with van der Waals surface area (Å²) in [6, 6.07) is 0. The van der Waals surface area contributed by atoms with Crippen LogP contribution in [0.3, 0.4) is 0 Å². The van der Waals surface area contributed by atoms with Crippen LogP contribution in [0.2, 0.25) is 0 Å². The number of likely N-dealkylation sites (tertiary alicyclic amines) is 1. The van der Waals surface area contributed by atoms with Crippen LogP contribution in [0, 0.1) is 5.92 Å². The molecule has 0 unspecified atom stereocenters. The Balaban J connectivity index is 2.41. The van der Waals surface area contributed by atoms with Gasteiger partial charge in [0.2, 0.25) is 5.91 Å². The molecule has 0 radical (unpaired) electrons. The lowest BCUT2D eigenvalue weighted by molar-refractivity contribution is -0.136. The van der Waals surface area contributed by atoms with Crippen molar-refractivity contribution in [2.45, 2.75) is 65.0 Å². The number of amides is 1. The highest BCUT2D eigenvalue weighted by molar-refractivity contribution is 5.76. The van der Waals surface area contributed by atoms with E-state index in [9.17, 15) is 9.90 Å². The molecule has 0 spiro atoms. The second kappa shape index (κ2) is 6.23. The number of carbonyl (C=O) groups excluding carboxylic acids is 1. The van der Waals surface area contributed by atoms with E-state index in [1.807, 2.05) is 4.90 Å². The van der Waals surface area contributed by atoms with E-state index in [-0.39, 0.29) is 11.4 Å². The van der Waals surface area contributed by atoms with Crippen LogP contribution in [0.5, 0.6) is 0 Å². The highest BCUT2D eigenvalue weighted by Crippen LogP contribution is 2.23. The first-order valence-electron chi connectivity index (χ1n) is 7.36. The first-order valence-corrected chi connectivity index (χ1v) is 7.36. The fraction of sp³-hybridized carbons (Fsp3) is 0.933. The van der Waals surface area contributed by atoms with E-state index in [0.29, 0.717) is 44.8 Å². The van der Waals surface area contributed by atoms with Crippen molar-refractivity contribution in [3.63, 3.8) is 0 Å². The van der Waals surface area contributed by atoms with Gasteiger partial charge in [0.15, 0.2) is 0 Å². The predicted octanol–water partition coefficient (Wildman–Crippen LogP) is 1.77. The third-order valence-corrected chi connectivity index (χ3v) is 3.58. The molecule has 0 saturated carbocycles. The first kappa shape index (κ1) is 16.4. The molecule has 112 valence electrons. The van der Waals surface area contributed by atoms with Gasteiger partial charge in [-0.3, -0.25) is 4.79 Å². The van der Waals surface area contributed by atoms with Gasteiger partial charge >= 0.3 is 0 Å². The Morgan fingerprint density at radius 3 is 2.26 bits per heavy atom. The van der Waals surface area contributed by atoms with Crippen molar-refractivity contribution in [1.82, 2.24) is 10.2 Å². The molecule has 0 aliphatic carbocycles. The van der Waals surface area contributed by atoms with E-state index in [1.54, 1.807) is 0 Å². The fourth-order valence-electron chi connectivity index (χ4n) is 2.26. The second-order valence-corrected chi connectivity index (χ2v) is 7.31. The van der Waals surface area contributed by atoms with Gasteiger partial charge in [-0.2, -0.15) is 0 Å². The quantitative estimate of drug-likeness (QED) is 0.818. The third-order valence-electron chi connectivity index (χ3n) is 3.58. The molecule has 0 aromatic carbocycles. The molecule has 19 heavy (non-hydrogen) atoms. The standard InChI is InChI=1S/C15H30N2O2/c1-12(2)10-13(18)17-8-6-15(19,7-9-17)11-16-14(3,4)5/h12,16,19H,6-11H2,1-5H3. The van der Waals surface area contributed by atoms with Crippen LogP contribution >= 0.6 is 0 Å². The maximum atomic E-state index is 12.0. The van der Waals surface area contributed by atoms with Gasteiger partial charge in [-0.15, -0.1) is 0 Å². The monoisotopic (exact) mass is 270 g/mol. The van der Waals surface area contributed by atoms with Gasteiger partial charge in [-0.1, -0.05) is 13.8 Å². The Hall–Kier alpha value is -0.610. The normalized spacial score (nSPS) is 19.8. The minimum Gasteiger partial charge on any atom is -0.388 e. The van der Waals surface area contributed by atoms with Crippen molar-refractivity contribution < 1.29 is 9.90 Å². The highest BCUT2D eigenvalue weighted by Gasteiger charge is 2.34. The smallest absolute Gasteiger partial charge is 0.222 e. The van der Waals surface area contributed by atoms with Crippen molar-refractivity contribution in [2.75, 3.05) is 19.6 Å². The van der Waals surface area contributed by atoms with Crippen molar-refractivity contribution in [3.8, 4) is 0 Å². The average Bonchev–Trinajstić information content (AvgIpc) is 2.26. The number of hydrogen-bond acceptors (Lipinski definition) is 3. The summed E-state index contributed by atoms with van der Waals surface area (Å²) in [4.78, 5) is 13.9. The maximum absolute atomic E-state index is 12.0. The molecule has 0 aromatic rings. The zero-order chi connectivity index (χ0) is 14.7. The number of nitrogens with one attached hydrogen (secondary N) is 1. The van der Waals surface area contributed by atoms with Gasteiger partial charge in [-0.05, 0) is 39.5 Å². The first-order chi connectivity index (χ1) is 8.61. The molecule has 0 bridgehead atoms. The Morgan fingerprint density at radius 1 is 1.32 bits per heavy atom. The number of piperidine rings is 1. The van der Waals surface area contributed by atoms with Gasteiger partial charge in [0.1, 0.15) is 0 Å². The van der Waals surface area contributed by atoms with E-state index in [2.05, 4.69) is 39.9 Å². The Morgan fingerprint density at radius 2 is 1.84 bits per heavy atom. The minimum atomic E-state index is -0.665. The predicted molar refractivity (Wildman–Crippen MR) is 78.0 cm³/mol. The molecule has 0 atom stereocenters. The van der Waals surface area contributed by atoms with E-state index in [1.165, 1.54) is 0 Å². The topological polar surface area (TPSA) is 52.6 Å². The highest BCUT2D eigenvalue weighted by atomic mass is 16.3. The summed E-state index contributed by atoms with van der Waals surface area (Å²) in [6.07, 6.45) is 1.94. The summed E-state index contributed by atoms with van der Waals surface area (Å²) in [5.41, 5.74) is -0.651. The molecule has 1 fully saturated rings. The average molecular weight is 270 g/mol. The van der Waals surface area contributed by atoms with E-state index >= 15 is 0 Å². The van der Waals surface area contributed by atoms with E-state index < -0.39 is 5.60 Å². The number of rotatable bonds is 4. The lowest BCUT2D eigenvalue weighted by atomic mass is 9.90. The van der Waals surface area contributed by atoms with Crippen molar-refractivity contribution >= 4 is 5.91 Å². The second-order valence-electron chi connectivity index (χ2n) is 7.31. The van der Waals surface area contributed by atoms with Crippen LogP contribution < -0.4 is 5.32 Å². The molecule has 1 saturated heterocycles. The summed E-state index contributed by atoms with van der Waals surface area (Å²) < 4.78 is 0. The van der Waals surface area contributed by atoms with E-state index in [0.717, 1.165) is 0 Å². The zero-order valence-corrected chi connectivity index (χ0v) is 13.1. The van der Waals surface area contributed by atoms with Crippen LogP contribution in [-0.4, -0.2) is 46.7 Å². The number of carbonyl (C=O) groups is 1. The molecule has 1 amide bonds. The van der Waals surface area contributed by atoms with Crippen LogP contribution in [0.15, 0.2) is 0 Å². The fourth-order valence-corrected chi connectivity index (χ4v) is 2.26. The third kappa shape index (κ3) is 5.91. The summed E-state index contributed by atoms with van der Waals surface area (Å²) in [5.74, 6) is 0.622. The Kier molecular flexibility index (Phi) is 5.39. The SMILES string of the molecule is CC(C)CC(=O)N1CCC(O)(CNC(C)(C)C)CC1. The minimum absolute atomic E-state index is 0.0142. The van der Waals surface area contributed by atoms with Crippen molar-refractivity contribution in [3.05, 3.63) is 0 Å². The number of β-amino-alcohol motifs (C(OH)–C–C–N with tert-alkyl or cyclic N) is 1. The van der Waals surface area contributed by atoms with Gasteiger partial charge in [0, 0.05) is 31.6 Å². The van der Waals surface area contributed by atoms with Crippen molar-refractivity contribution in [2.24, 2.45) is 5.92 Å². The molecular formula is C15H30N2O2. The largest absolute Gasteiger partial charge is 0.388 e. The summed E-state index contributed by atoms with van der Waals surface area (Å²) in [7, 11) is 0. The number of nitrogens with zero attached hydrogens (tertiary/aromatic N) is 1. The van der Waals surface area contributed by atoms with Crippen LogP contribution in [0.1, 0.15) is 53.9 Å². The van der Waals surface area contributed by atoms with Gasteiger partial charge < -0.3 is 15.3 Å². The maximum Gasteiger partial charge on any atom is 0.222 e. The lowest BCUT2D eigenvalue weighted by Crippen LogP contribution is -2.54. The van der Waals surface area contributed by atoms with E-state index in [4.69, 9.17) is 0 Å². The molecule has 1 rings (SSSR count). The lowest BCUT2D eigenvalue weighted by Gasteiger charge is -2.40. The zero-order valence-electron chi connectivity index (χ0n) is 13.1. The van der Waals surface area contributed by atoms with Gasteiger partial charge in [0.05, 0.1) is 5.60 Å². The van der Waals surface area contributed by atoms with Crippen LogP contribution in [-0.2, 0) is 4.79 Å². The van der Waals surface area contributed by atoms with Crippen LogP contribution in [0.25, 0.3) is 0 Å². The molecular weight excluding hydrogens is 240 g/mol. The molecule has 4 nitrogen and oxygen atoms in total. The molecule has 0 aromatic heterocycles. The van der Waals surface area contributed by atoms with Gasteiger partial charge in [-0.25, -0.2) is 0 Å². The molecule has 1 aliphatic rings. The Bertz CT molecular complexity index is 300. The van der Waals surface area contributed by atoms with Crippen LogP contribution in [0.4, 0.5) is 0 Å². The molecule has 1 aliphatic heterocycles. The number of hydrogen-bond donors (Lipinski definition) is 2. The summed E-state index contributed by atoms with van der Waals surface area (Å²) >= 11 is 0. The van der Waals surface area contributed by atoms with Crippen molar-refractivity contribution in [1.29, 1.82) is 0 Å². The van der Waals surface area contributed by atoms with Gasteiger partial charge in [0.25, 0.3) is 0 Å².